The van der Waals surface area contributed by atoms with Gasteiger partial charge in [0, 0.05) is 22.9 Å². The van der Waals surface area contributed by atoms with Crippen LogP contribution in [0.3, 0.4) is 0 Å². The molecular weight excluding hydrogens is 378 g/mol. The molecule has 27 heavy (non-hydrogen) atoms. The van der Waals surface area contributed by atoms with Gasteiger partial charge in [-0.15, -0.1) is 23.1 Å². The molecule has 0 radical (unpaired) electrons. The second-order valence-corrected chi connectivity index (χ2v) is 7.78. The van der Waals surface area contributed by atoms with Crippen molar-refractivity contribution in [2.75, 3.05) is 22.9 Å². The van der Waals surface area contributed by atoms with E-state index in [1.807, 2.05) is 48.5 Å². The van der Waals surface area contributed by atoms with Crippen molar-refractivity contribution in [3.63, 3.8) is 0 Å². The van der Waals surface area contributed by atoms with Crippen LogP contribution in [0.4, 0.5) is 15.5 Å². The fourth-order valence-electron chi connectivity index (χ4n) is 2.26. The Labute approximate surface area is 166 Å². The monoisotopic (exact) mass is 397 g/mol. The first-order valence-electron chi connectivity index (χ1n) is 8.39. The summed E-state index contributed by atoms with van der Waals surface area (Å²) in [6.07, 6.45) is 0. The minimum absolute atomic E-state index is 0.134. The van der Waals surface area contributed by atoms with Crippen LogP contribution in [-0.4, -0.2) is 24.2 Å². The zero-order valence-electron chi connectivity index (χ0n) is 14.5. The fourth-order valence-corrected chi connectivity index (χ4v) is 3.87. The van der Waals surface area contributed by atoms with E-state index in [9.17, 15) is 9.59 Å². The molecule has 3 amide bonds. The Balaban J connectivity index is 1.42. The number of carbonyl (C=O) groups is 2. The maximum Gasteiger partial charge on any atom is 0.324 e. The maximum atomic E-state index is 12.2. The van der Waals surface area contributed by atoms with Crippen molar-refractivity contribution < 1.29 is 9.59 Å². The lowest BCUT2D eigenvalue weighted by Gasteiger charge is -2.05. The molecule has 0 aliphatic rings. The molecule has 0 aliphatic heterocycles. The second kappa shape index (κ2) is 9.80. The molecule has 0 bridgehead atoms. The minimum Gasteiger partial charge on any atom is -0.350 e. The molecule has 7 heteroatoms. The summed E-state index contributed by atoms with van der Waals surface area (Å²) in [4.78, 5) is 25.9. The number of nitrogens with one attached hydrogen (secondary N) is 3. The van der Waals surface area contributed by atoms with Crippen LogP contribution in [0.5, 0.6) is 0 Å². The third-order valence-electron chi connectivity index (χ3n) is 3.50. The first kappa shape index (κ1) is 19.0. The molecule has 0 aliphatic carbocycles. The quantitative estimate of drug-likeness (QED) is 0.392. The largest absolute Gasteiger partial charge is 0.350 e. The number of amides is 3. The Kier molecular flexibility index (Phi) is 6.90. The first-order valence-corrected chi connectivity index (χ1v) is 10.2. The van der Waals surface area contributed by atoms with Crippen molar-refractivity contribution in [2.45, 2.75) is 4.90 Å². The van der Waals surface area contributed by atoms with E-state index in [-0.39, 0.29) is 11.9 Å². The lowest BCUT2D eigenvalue weighted by atomic mass is 10.3. The summed E-state index contributed by atoms with van der Waals surface area (Å²) in [6, 6.07) is 22.3. The summed E-state index contributed by atoms with van der Waals surface area (Å²) in [5.41, 5.74) is 0.709. The van der Waals surface area contributed by atoms with E-state index in [0.29, 0.717) is 22.1 Å². The van der Waals surface area contributed by atoms with Crippen molar-refractivity contribution in [2.24, 2.45) is 0 Å². The standard InChI is InChI=1S/C20H19N3O2S2/c24-19(21-13-14-26-16-9-5-2-6-10-16)17-11-12-18(27-17)23-20(25)22-15-7-3-1-4-8-15/h1-12H,13-14H2,(H,21,24)(H2,22,23,25). The predicted molar refractivity (Wildman–Crippen MR) is 113 cm³/mol. The van der Waals surface area contributed by atoms with Crippen LogP contribution in [0.25, 0.3) is 0 Å². The van der Waals surface area contributed by atoms with E-state index in [0.717, 1.165) is 5.75 Å². The average Bonchev–Trinajstić information content (AvgIpc) is 3.15. The molecular formula is C20H19N3O2S2. The highest BCUT2D eigenvalue weighted by atomic mass is 32.2. The first-order chi connectivity index (χ1) is 13.2. The predicted octanol–water partition coefficient (Wildman–Crippen LogP) is 4.91. The smallest absolute Gasteiger partial charge is 0.324 e. The highest BCUT2D eigenvalue weighted by Gasteiger charge is 2.10. The van der Waals surface area contributed by atoms with E-state index in [1.165, 1.54) is 16.2 Å². The fraction of sp³-hybridized carbons (Fsp3) is 0.100. The SMILES string of the molecule is O=C(Nc1ccccc1)Nc1ccc(C(=O)NCCSc2ccccc2)s1. The zero-order chi connectivity index (χ0) is 18.9. The number of benzene rings is 2. The van der Waals surface area contributed by atoms with Crippen molar-refractivity contribution in [3.05, 3.63) is 77.7 Å². The lowest BCUT2D eigenvalue weighted by molar-refractivity contribution is 0.0960. The number of thioether (sulfide) groups is 1. The van der Waals surface area contributed by atoms with Crippen LogP contribution in [0.15, 0.2) is 77.7 Å². The molecule has 0 fully saturated rings. The summed E-state index contributed by atoms with van der Waals surface area (Å²) in [5, 5.41) is 8.99. The Morgan fingerprint density at radius 3 is 2.30 bits per heavy atom. The van der Waals surface area contributed by atoms with Gasteiger partial charge in [-0.2, -0.15) is 0 Å². The van der Waals surface area contributed by atoms with Crippen LogP contribution in [0.2, 0.25) is 0 Å². The van der Waals surface area contributed by atoms with Crippen LogP contribution < -0.4 is 16.0 Å². The molecule has 3 N–H and O–H groups in total. The normalized spacial score (nSPS) is 10.2. The summed E-state index contributed by atoms with van der Waals surface area (Å²) in [7, 11) is 0. The molecule has 0 unspecified atom stereocenters. The molecule has 3 rings (SSSR count). The molecule has 1 aromatic heterocycles. The summed E-state index contributed by atoms with van der Waals surface area (Å²) in [6.45, 7) is 0.577. The van der Waals surface area contributed by atoms with Crippen LogP contribution in [0.1, 0.15) is 9.67 Å². The number of thiophene rings is 1. The number of anilines is 2. The molecule has 0 saturated heterocycles. The van der Waals surface area contributed by atoms with E-state index >= 15 is 0 Å². The van der Waals surface area contributed by atoms with Gasteiger partial charge in [-0.3, -0.25) is 10.1 Å². The molecule has 2 aromatic carbocycles. The van der Waals surface area contributed by atoms with Crippen LogP contribution in [0, 0.1) is 0 Å². The Hall–Kier alpha value is -2.77. The van der Waals surface area contributed by atoms with Gasteiger partial charge < -0.3 is 10.6 Å². The Bertz CT molecular complexity index is 883. The lowest BCUT2D eigenvalue weighted by Crippen LogP contribution is -2.24. The number of para-hydroxylation sites is 1. The van der Waals surface area contributed by atoms with Gasteiger partial charge in [0.05, 0.1) is 9.88 Å². The van der Waals surface area contributed by atoms with Gasteiger partial charge >= 0.3 is 6.03 Å². The van der Waals surface area contributed by atoms with Crippen molar-refractivity contribution in [1.82, 2.24) is 5.32 Å². The number of hydrogen-bond donors (Lipinski definition) is 3. The molecule has 1 heterocycles. The van der Waals surface area contributed by atoms with Gasteiger partial charge in [0.25, 0.3) is 5.91 Å². The third-order valence-corrected chi connectivity index (χ3v) is 5.51. The van der Waals surface area contributed by atoms with Gasteiger partial charge in [0.15, 0.2) is 0 Å². The average molecular weight is 398 g/mol. The molecule has 5 nitrogen and oxygen atoms in total. The van der Waals surface area contributed by atoms with Gasteiger partial charge in [-0.05, 0) is 36.4 Å². The van der Waals surface area contributed by atoms with E-state index in [2.05, 4.69) is 16.0 Å². The highest BCUT2D eigenvalue weighted by molar-refractivity contribution is 7.99. The van der Waals surface area contributed by atoms with E-state index < -0.39 is 0 Å². The number of carbonyl (C=O) groups excluding carboxylic acids is 2. The van der Waals surface area contributed by atoms with Gasteiger partial charge in [0.2, 0.25) is 0 Å². The van der Waals surface area contributed by atoms with Gasteiger partial charge in [-0.1, -0.05) is 36.4 Å². The molecule has 0 spiro atoms. The Morgan fingerprint density at radius 2 is 1.56 bits per heavy atom. The van der Waals surface area contributed by atoms with E-state index in [4.69, 9.17) is 0 Å². The van der Waals surface area contributed by atoms with Gasteiger partial charge in [0.1, 0.15) is 0 Å². The Morgan fingerprint density at radius 1 is 0.852 bits per heavy atom. The van der Waals surface area contributed by atoms with Crippen molar-refractivity contribution in [1.29, 1.82) is 0 Å². The topological polar surface area (TPSA) is 70.2 Å². The molecule has 138 valence electrons. The second-order valence-electron chi connectivity index (χ2n) is 5.53. The zero-order valence-corrected chi connectivity index (χ0v) is 16.1. The number of urea groups is 1. The third kappa shape index (κ3) is 6.16. The summed E-state index contributed by atoms with van der Waals surface area (Å²) >= 11 is 2.94. The summed E-state index contributed by atoms with van der Waals surface area (Å²) in [5.74, 6) is 0.663. The van der Waals surface area contributed by atoms with Crippen molar-refractivity contribution >= 4 is 45.7 Å². The number of rotatable bonds is 7. The van der Waals surface area contributed by atoms with E-state index in [1.54, 1.807) is 36.0 Å². The molecule has 3 aromatic rings. The van der Waals surface area contributed by atoms with Gasteiger partial charge in [-0.25, -0.2) is 4.79 Å². The minimum atomic E-state index is -0.339. The summed E-state index contributed by atoms with van der Waals surface area (Å²) < 4.78 is 0. The molecule has 0 atom stereocenters. The van der Waals surface area contributed by atoms with Crippen LogP contribution in [-0.2, 0) is 0 Å². The molecule has 0 saturated carbocycles. The number of hydrogen-bond acceptors (Lipinski definition) is 4. The van der Waals surface area contributed by atoms with Crippen molar-refractivity contribution in [3.8, 4) is 0 Å². The highest BCUT2D eigenvalue weighted by Crippen LogP contribution is 2.22. The maximum absolute atomic E-state index is 12.2. The van der Waals surface area contributed by atoms with Crippen LogP contribution >= 0.6 is 23.1 Å².